The fourth-order valence-corrected chi connectivity index (χ4v) is 1.98. The number of carboxylic acids is 1. The van der Waals surface area contributed by atoms with E-state index in [2.05, 4.69) is 4.74 Å². The van der Waals surface area contributed by atoms with Crippen LogP contribution in [-0.4, -0.2) is 53.2 Å². The van der Waals surface area contributed by atoms with Crippen molar-refractivity contribution >= 4 is 16.1 Å². The molecule has 7 nitrogen and oxygen atoms in total. The van der Waals surface area contributed by atoms with E-state index in [-0.39, 0.29) is 6.42 Å². The van der Waals surface area contributed by atoms with E-state index in [1.807, 2.05) is 0 Å². The molecule has 0 aromatic carbocycles. The molecule has 14 heavy (non-hydrogen) atoms. The van der Waals surface area contributed by atoms with E-state index in [0.29, 0.717) is 0 Å². The van der Waals surface area contributed by atoms with Gasteiger partial charge in [-0.3, -0.25) is 4.55 Å². The third-order valence-corrected chi connectivity index (χ3v) is 3.22. The topological polar surface area (TPSA) is 121 Å². The number of rotatable bonds is 2. The van der Waals surface area contributed by atoms with Crippen LogP contribution < -0.4 is 0 Å². The third-order valence-electron chi connectivity index (χ3n) is 2.00. The average molecular weight is 226 g/mol. The highest BCUT2D eigenvalue weighted by Crippen LogP contribution is 2.19. The summed E-state index contributed by atoms with van der Waals surface area (Å²) in [7, 11) is -4.39. The number of aliphatic hydroxyl groups excluding tert-OH is 1. The zero-order valence-corrected chi connectivity index (χ0v) is 7.85. The predicted octanol–water partition coefficient (Wildman–Crippen LogP) is -1.52. The predicted molar refractivity (Wildman–Crippen MR) is 43.3 cm³/mol. The van der Waals surface area contributed by atoms with Crippen molar-refractivity contribution in [1.29, 1.82) is 0 Å². The van der Waals surface area contributed by atoms with E-state index in [1.165, 1.54) is 0 Å². The Bertz CT molecular complexity index is 321. The van der Waals surface area contributed by atoms with Gasteiger partial charge in [-0.25, -0.2) is 4.79 Å². The molecule has 0 aliphatic carbocycles. The van der Waals surface area contributed by atoms with Gasteiger partial charge in [-0.2, -0.15) is 8.42 Å². The van der Waals surface area contributed by atoms with Gasteiger partial charge in [0.2, 0.25) is 0 Å². The van der Waals surface area contributed by atoms with Crippen LogP contribution in [0.2, 0.25) is 0 Å². The van der Waals surface area contributed by atoms with E-state index >= 15 is 0 Å². The van der Waals surface area contributed by atoms with Gasteiger partial charge in [0, 0.05) is 6.42 Å². The van der Waals surface area contributed by atoms with Crippen LogP contribution in [0, 0.1) is 0 Å². The lowest BCUT2D eigenvalue weighted by Gasteiger charge is -2.29. The maximum atomic E-state index is 10.6. The number of carbonyl (C=O) groups is 1. The Morgan fingerprint density at radius 2 is 2.00 bits per heavy atom. The fourth-order valence-electron chi connectivity index (χ4n) is 1.22. The summed E-state index contributed by atoms with van der Waals surface area (Å²) in [4.78, 5) is 10.4. The molecule has 3 N–H and O–H groups in total. The highest BCUT2D eigenvalue weighted by atomic mass is 32.2. The lowest BCUT2D eigenvalue weighted by atomic mass is 10.1. The molecule has 0 bridgehead atoms. The standard InChI is InChI=1S/C6H10O7S/c7-3-1-4(6(8)9)13-2-5(3)14(10,11)12/h3-5,7H,1-2H2,(H,8,9)(H,10,11,12)/t3-,4?,5?/m1/s1. The smallest absolute Gasteiger partial charge is 0.332 e. The first-order valence-corrected chi connectivity index (χ1v) is 5.31. The minimum Gasteiger partial charge on any atom is -0.479 e. The Morgan fingerprint density at radius 1 is 1.43 bits per heavy atom. The van der Waals surface area contributed by atoms with Crippen LogP contribution in [-0.2, 0) is 19.6 Å². The molecule has 8 heteroatoms. The van der Waals surface area contributed by atoms with Gasteiger partial charge >= 0.3 is 5.97 Å². The highest BCUT2D eigenvalue weighted by molar-refractivity contribution is 7.86. The Hall–Kier alpha value is -0.700. The molecule has 0 amide bonds. The molecule has 1 saturated heterocycles. The van der Waals surface area contributed by atoms with E-state index in [1.54, 1.807) is 0 Å². The number of carboxylic acid groups (broad SMARTS) is 1. The van der Waals surface area contributed by atoms with Crippen molar-refractivity contribution in [3.63, 3.8) is 0 Å². The lowest BCUT2D eigenvalue weighted by molar-refractivity contribution is -0.157. The molecular formula is C6H10O7S. The molecule has 1 rings (SSSR count). The Labute approximate surface area is 80.1 Å². The molecule has 0 aromatic rings. The molecule has 0 aromatic heterocycles. The van der Waals surface area contributed by atoms with Crippen molar-refractivity contribution in [1.82, 2.24) is 0 Å². The number of ether oxygens (including phenoxy) is 1. The van der Waals surface area contributed by atoms with Gasteiger partial charge in [0.15, 0.2) is 6.10 Å². The van der Waals surface area contributed by atoms with Crippen molar-refractivity contribution in [2.24, 2.45) is 0 Å². The minimum absolute atomic E-state index is 0.347. The molecule has 0 spiro atoms. The number of aliphatic hydroxyl groups is 1. The van der Waals surface area contributed by atoms with Crippen molar-refractivity contribution in [3.05, 3.63) is 0 Å². The van der Waals surface area contributed by atoms with Gasteiger partial charge in [0.05, 0.1) is 12.7 Å². The zero-order valence-electron chi connectivity index (χ0n) is 7.03. The minimum atomic E-state index is -4.39. The summed E-state index contributed by atoms with van der Waals surface area (Å²) in [5.41, 5.74) is 0. The Balaban J connectivity index is 2.70. The molecule has 1 heterocycles. The van der Waals surface area contributed by atoms with Crippen LogP contribution in [0.5, 0.6) is 0 Å². The van der Waals surface area contributed by atoms with E-state index < -0.39 is 40.2 Å². The molecule has 0 saturated carbocycles. The molecular weight excluding hydrogens is 216 g/mol. The second-order valence-electron chi connectivity index (χ2n) is 3.02. The van der Waals surface area contributed by atoms with Gasteiger partial charge in [-0.1, -0.05) is 0 Å². The molecule has 3 atom stereocenters. The van der Waals surface area contributed by atoms with E-state index in [9.17, 15) is 18.3 Å². The fraction of sp³-hybridized carbons (Fsp3) is 0.833. The second kappa shape index (κ2) is 3.81. The summed E-state index contributed by atoms with van der Waals surface area (Å²) in [5, 5.41) is 16.3. The third kappa shape index (κ3) is 2.41. The maximum Gasteiger partial charge on any atom is 0.332 e. The Morgan fingerprint density at radius 3 is 2.36 bits per heavy atom. The summed E-state index contributed by atoms with van der Waals surface area (Å²) in [6.07, 6.45) is -2.98. The van der Waals surface area contributed by atoms with Crippen LogP contribution >= 0.6 is 0 Å². The number of hydrogen-bond donors (Lipinski definition) is 3. The molecule has 2 unspecified atom stereocenters. The molecule has 82 valence electrons. The summed E-state index contributed by atoms with van der Waals surface area (Å²) in [5.74, 6) is -1.27. The molecule has 1 aliphatic heterocycles. The van der Waals surface area contributed by atoms with Crippen molar-refractivity contribution in [3.8, 4) is 0 Å². The molecule has 1 fully saturated rings. The highest BCUT2D eigenvalue weighted by Gasteiger charge is 2.40. The average Bonchev–Trinajstić information content (AvgIpc) is 2.01. The van der Waals surface area contributed by atoms with Crippen LogP contribution in [0.4, 0.5) is 0 Å². The zero-order chi connectivity index (χ0) is 10.9. The quantitative estimate of drug-likeness (QED) is 0.489. The van der Waals surface area contributed by atoms with Gasteiger partial charge in [0.1, 0.15) is 5.25 Å². The summed E-state index contributed by atoms with van der Waals surface area (Å²) in [6, 6.07) is 0. The lowest BCUT2D eigenvalue weighted by Crippen LogP contribution is -2.47. The first-order chi connectivity index (χ1) is 6.32. The molecule has 1 aliphatic rings. The summed E-state index contributed by atoms with van der Waals surface area (Å²) in [6.45, 7) is -0.517. The number of hydrogen-bond acceptors (Lipinski definition) is 5. The Kier molecular flexibility index (Phi) is 3.10. The monoisotopic (exact) mass is 226 g/mol. The van der Waals surface area contributed by atoms with Gasteiger partial charge in [-0.15, -0.1) is 0 Å². The van der Waals surface area contributed by atoms with Crippen molar-refractivity contribution in [2.75, 3.05) is 6.61 Å². The second-order valence-corrected chi connectivity index (χ2v) is 4.65. The maximum absolute atomic E-state index is 10.6. The summed E-state index contributed by atoms with van der Waals surface area (Å²) >= 11 is 0. The first kappa shape index (κ1) is 11.4. The van der Waals surface area contributed by atoms with E-state index in [4.69, 9.17) is 9.66 Å². The number of aliphatic carboxylic acids is 1. The van der Waals surface area contributed by atoms with Crippen LogP contribution in [0.1, 0.15) is 6.42 Å². The van der Waals surface area contributed by atoms with Crippen molar-refractivity contribution < 1.29 is 32.7 Å². The first-order valence-electron chi connectivity index (χ1n) is 3.81. The van der Waals surface area contributed by atoms with Crippen LogP contribution in [0.3, 0.4) is 0 Å². The van der Waals surface area contributed by atoms with Gasteiger partial charge in [0.25, 0.3) is 10.1 Å². The SMILES string of the molecule is O=C(O)C1C[C@@H](O)C(S(=O)(=O)O)CO1. The van der Waals surface area contributed by atoms with Crippen LogP contribution in [0.15, 0.2) is 0 Å². The van der Waals surface area contributed by atoms with E-state index in [0.717, 1.165) is 0 Å². The van der Waals surface area contributed by atoms with Crippen molar-refractivity contribution in [2.45, 2.75) is 23.9 Å². The summed E-state index contributed by atoms with van der Waals surface area (Å²) < 4.78 is 34.6. The van der Waals surface area contributed by atoms with Gasteiger partial charge in [-0.05, 0) is 0 Å². The normalized spacial score (nSPS) is 34.0. The molecule has 0 radical (unpaired) electrons. The largest absolute Gasteiger partial charge is 0.479 e. The van der Waals surface area contributed by atoms with Crippen LogP contribution in [0.25, 0.3) is 0 Å². The van der Waals surface area contributed by atoms with Gasteiger partial charge < -0.3 is 14.9 Å².